The Bertz CT molecular complexity index is 807. The van der Waals surface area contributed by atoms with Crippen molar-refractivity contribution in [2.24, 2.45) is 56.7 Å². The standard InChI is InChI=1S/C30H48O/c1-19(2)20-11-14-27(5)17-18-29(7)21(25(20)27)9-10-23-28(6)15-13-24(31)26(3,4)22(28)12-16-30(23,29)8/h13,15,20-25,31H,1,9-12,14,16-18H2,2-8H3. The van der Waals surface area contributed by atoms with Gasteiger partial charge < -0.3 is 5.11 Å². The molecule has 174 valence electrons. The predicted octanol–water partition coefficient (Wildman–Crippen LogP) is 7.80. The van der Waals surface area contributed by atoms with Gasteiger partial charge in [-0.2, -0.15) is 0 Å². The molecule has 31 heavy (non-hydrogen) atoms. The third-order valence-corrected chi connectivity index (χ3v) is 13.0. The molecule has 5 aliphatic rings. The zero-order chi connectivity index (χ0) is 22.6. The van der Waals surface area contributed by atoms with Gasteiger partial charge in [0.1, 0.15) is 0 Å². The summed E-state index contributed by atoms with van der Waals surface area (Å²) in [5.74, 6) is 3.75. The van der Waals surface area contributed by atoms with Crippen LogP contribution in [0.3, 0.4) is 0 Å². The van der Waals surface area contributed by atoms with Crippen molar-refractivity contribution in [3.63, 3.8) is 0 Å². The maximum Gasteiger partial charge on any atom is 0.0774 e. The molecular formula is C30H48O. The summed E-state index contributed by atoms with van der Waals surface area (Å²) in [4.78, 5) is 0. The minimum absolute atomic E-state index is 0.0236. The van der Waals surface area contributed by atoms with Gasteiger partial charge in [-0.3, -0.25) is 0 Å². The molecule has 0 amide bonds. The Kier molecular flexibility index (Phi) is 4.68. The first-order valence-electron chi connectivity index (χ1n) is 13.3. The van der Waals surface area contributed by atoms with Gasteiger partial charge in [-0.25, -0.2) is 0 Å². The van der Waals surface area contributed by atoms with Crippen LogP contribution in [-0.2, 0) is 0 Å². The Hall–Kier alpha value is -0.560. The monoisotopic (exact) mass is 424 g/mol. The van der Waals surface area contributed by atoms with E-state index in [9.17, 15) is 5.11 Å². The fourth-order valence-corrected chi connectivity index (χ4v) is 10.9. The van der Waals surface area contributed by atoms with Crippen molar-refractivity contribution in [2.45, 2.75) is 106 Å². The molecule has 4 saturated carbocycles. The Balaban J connectivity index is 1.57. The summed E-state index contributed by atoms with van der Waals surface area (Å²) in [5.41, 5.74) is 3.01. The quantitative estimate of drug-likeness (QED) is 0.426. The molecule has 0 aromatic carbocycles. The maximum atomic E-state index is 10.8. The van der Waals surface area contributed by atoms with Gasteiger partial charge in [0.2, 0.25) is 0 Å². The summed E-state index contributed by atoms with van der Waals surface area (Å²) in [7, 11) is 0. The lowest BCUT2D eigenvalue weighted by Gasteiger charge is -2.72. The summed E-state index contributed by atoms with van der Waals surface area (Å²) in [6.45, 7) is 22.0. The second-order valence-corrected chi connectivity index (χ2v) is 14.3. The van der Waals surface area contributed by atoms with E-state index in [4.69, 9.17) is 0 Å². The number of aliphatic hydroxyl groups excluding tert-OH is 1. The Labute approximate surface area is 192 Å². The van der Waals surface area contributed by atoms with Gasteiger partial charge in [0.15, 0.2) is 0 Å². The van der Waals surface area contributed by atoms with Crippen LogP contribution >= 0.6 is 0 Å². The lowest BCUT2D eigenvalue weighted by Crippen LogP contribution is -2.65. The first-order chi connectivity index (χ1) is 14.3. The fraction of sp³-hybridized carbons (Fsp3) is 0.867. The summed E-state index contributed by atoms with van der Waals surface area (Å²) < 4.78 is 0. The van der Waals surface area contributed by atoms with Crippen molar-refractivity contribution in [2.75, 3.05) is 0 Å². The van der Waals surface area contributed by atoms with Crippen molar-refractivity contribution in [1.29, 1.82) is 0 Å². The molecule has 0 radical (unpaired) electrons. The normalized spacial score (nSPS) is 57.4. The van der Waals surface area contributed by atoms with Crippen LogP contribution in [0.5, 0.6) is 0 Å². The van der Waals surface area contributed by atoms with E-state index in [0.29, 0.717) is 22.2 Å². The van der Waals surface area contributed by atoms with Gasteiger partial charge in [-0.1, -0.05) is 65.8 Å². The second kappa shape index (κ2) is 6.52. The average molecular weight is 425 g/mol. The molecule has 0 aromatic rings. The maximum absolute atomic E-state index is 10.8. The van der Waals surface area contributed by atoms with Crippen LogP contribution in [0.2, 0.25) is 0 Å². The molecule has 0 spiro atoms. The van der Waals surface area contributed by atoms with Crippen LogP contribution in [0.4, 0.5) is 0 Å². The van der Waals surface area contributed by atoms with E-state index in [1.807, 2.05) is 0 Å². The first kappa shape index (κ1) is 22.2. The molecule has 10 atom stereocenters. The number of hydrogen-bond acceptors (Lipinski definition) is 1. The topological polar surface area (TPSA) is 20.2 Å². The van der Waals surface area contributed by atoms with E-state index in [1.54, 1.807) is 0 Å². The summed E-state index contributed by atoms with van der Waals surface area (Å²) in [6, 6.07) is 0. The van der Waals surface area contributed by atoms with Gasteiger partial charge in [-0.05, 0) is 115 Å². The third kappa shape index (κ3) is 2.59. The van der Waals surface area contributed by atoms with Crippen molar-refractivity contribution in [3.8, 4) is 0 Å². The Morgan fingerprint density at radius 2 is 1.55 bits per heavy atom. The van der Waals surface area contributed by atoms with E-state index in [1.165, 1.54) is 56.9 Å². The third-order valence-electron chi connectivity index (χ3n) is 13.0. The minimum atomic E-state index is -0.299. The van der Waals surface area contributed by atoms with Crippen LogP contribution < -0.4 is 0 Å². The van der Waals surface area contributed by atoms with E-state index in [-0.39, 0.29) is 16.9 Å². The highest BCUT2D eigenvalue weighted by Crippen LogP contribution is 2.76. The second-order valence-electron chi connectivity index (χ2n) is 14.3. The molecule has 5 aliphatic carbocycles. The lowest BCUT2D eigenvalue weighted by molar-refractivity contribution is -0.222. The van der Waals surface area contributed by atoms with Gasteiger partial charge in [0.25, 0.3) is 0 Å². The van der Waals surface area contributed by atoms with E-state index in [2.05, 4.69) is 67.2 Å². The van der Waals surface area contributed by atoms with Crippen molar-refractivity contribution in [1.82, 2.24) is 0 Å². The molecule has 0 aliphatic heterocycles. The molecule has 1 N–H and O–H groups in total. The molecule has 1 nitrogen and oxygen atoms in total. The molecule has 10 unspecified atom stereocenters. The molecule has 5 rings (SSSR count). The first-order valence-corrected chi connectivity index (χ1v) is 13.3. The van der Waals surface area contributed by atoms with Crippen LogP contribution in [0.1, 0.15) is 99.8 Å². The molecule has 0 aromatic heterocycles. The number of rotatable bonds is 1. The average Bonchev–Trinajstić information content (AvgIpc) is 3.04. The highest BCUT2D eigenvalue weighted by atomic mass is 16.3. The zero-order valence-corrected chi connectivity index (χ0v) is 21.4. The number of fused-ring (bicyclic) bond motifs is 7. The molecule has 1 heteroatoms. The SMILES string of the molecule is C=C(C)C1CCC2(C)CCC3(C)C(CCC4C5(C)C=CC(O)C(C)(C)C5CCC43C)C12. The van der Waals surface area contributed by atoms with Crippen molar-refractivity contribution < 1.29 is 5.11 Å². The molecular weight excluding hydrogens is 376 g/mol. The Morgan fingerprint density at radius 3 is 2.23 bits per heavy atom. The summed E-state index contributed by atoms with van der Waals surface area (Å²) in [6.07, 6.45) is 15.3. The smallest absolute Gasteiger partial charge is 0.0774 e. The van der Waals surface area contributed by atoms with Gasteiger partial charge in [-0.15, -0.1) is 0 Å². The summed E-state index contributed by atoms with van der Waals surface area (Å²) in [5, 5.41) is 10.8. The van der Waals surface area contributed by atoms with E-state index < -0.39 is 0 Å². The largest absolute Gasteiger partial charge is 0.388 e. The van der Waals surface area contributed by atoms with Crippen LogP contribution in [0, 0.1) is 56.7 Å². The Morgan fingerprint density at radius 1 is 0.839 bits per heavy atom. The zero-order valence-electron chi connectivity index (χ0n) is 21.4. The van der Waals surface area contributed by atoms with E-state index in [0.717, 1.165) is 23.7 Å². The van der Waals surface area contributed by atoms with E-state index >= 15 is 0 Å². The molecule has 0 bridgehead atoms. The van der Waals surface area contributed by atoms with Crippen molar-refractivity contribution in [3.05, 3.63) is 24.3 Å². The van der Waals surface area contributed by atoms with Crippen molar-refractivity contribution >= 4 is 0 Å². The number of allylic oxidation sites excluding steroid dienone is 2. The highest BCUT2D eigenvalue weighted by Gasteiger charge is 2.69. The number of aliphatic hydroxyl groups is 1. The molecule has 4 fully saturated rings. The van der Waals surface area contributed by atoms with Gasteiger partial charge >= 0.3 is 0 Å². The van der Waals surface area contributed by atoms with Crippen LogP contribution in [-0.4, -0.2) is 11.2 Å². The summed E-state index contributed by atoms with van der Waals surface area (Å²) >= 11 is 0. The van der Waals surface area contributed by atoms with Gasteiger partial charge in [0.05, 0.1) is 6.10 Å². The highest BCUT2D eigenvalue weighted by molar-refractivity contribution is 5.25. The number of hydrogen-bond donors (Lipinski definition) is 1. The minimum Gasteiger partial charge on any atom is -0.388 e. The predicted molar refractivity (Wildman–Crippen MR) is 131 cm³/mol. The van der Waals surface area contributed by atoms with Crippen LogP contribution in [0.25, 0.3) is 0 Å². The molecule has 0 heterocycles. The molecule has 0 saturated heterocycles. The van der Waals surface area contributed by atoms with Crippen LogP contribution in [0.15, 0.2) is 24.3 Å². The van der Waals surface area contributed by atoms with Gasteiger partial charge in [0, 0.05) is 0 Å². The lowest BCUT2D eigenvalue weighted by atomic mass is 9.33. The fourth-order valence-electron chi connectivity index (χ4n) is 10.9.